The van der Waals surface area contributed by atoms with E-state index < -0.39 is 0 Å². The number of benzene rings is 2. The lowest BCUT2D eigenvalue weighted by atomic mass is 10.2. The number of halogens is 2. The zero-order valence-electron chi connectivity index (χ0n) is 13.4. The van der Waals surface area contributed by atoms with Gasteiger partial charge >= 0.3 is 0 Å². The van der Waals surface area contributed by atoms with Crippen LogP contribution < -0.4 is 10.2 Å². The fourth-order valence-corrected chi connectivity index (χ4v) is 2.89. The highest BCUT2D eigenvalue weighted by molar-refractivity contribution is 6.35. The molecule has 3 aromatic rings. The number of anilines is 3. The maximum Gasteiger partial charge on any atom is 0.257 e. The van der Waals surface area contributed by atoms with Crippen molar-refractivity contribution in [2.75, 3.05) is 17.3 Å². The molecule has 0 spiro atoms. The number of amides is 1. The van der Waals surface area contributed by atoms with Crippen molar-refractivity contribution in [3.05, 3.63) is 82.6 Å². The highest BCUT2D eigenvalue weighted by atomic mass is 35.5. The first kappa shape index (κ1) is 17.3. The predicted molar refractivity (Wildman–Crippen MR) is 103 cm³/mol. The number of rotatable bonds is 4. The van der Waals surface area contributed by atoms with Gasteiger partial charge in [0.05, 0.1) is 17.4 Å². The Hall–Kier alpha value is -2.56. The molecule has 1 aromatic heterocycles. The lowest BCUT2D eigenvalue weighted by Crippen LogP contribution is -2.15. The molecule has 0 aliphatic rings. The van der Waals surface area contributed by atoms with Crippen molar-refractivity contribution < 1.29 is 4.79 Å². The van der Waals surface area contributed by atoms with Crippen molar-refractivity contribution in [2.24, 2.45) is 0 Å². The van der Waals surface area contributed by atoms with Crippen LogP contribution in [0.5, 0.6) is 0 Å². The topological polar surface area (TPSA) is 45.2 Å². The summed E-state index contributed by atoms with van der Waals surface area (Å²) in [5.74, 6) is -0.283. The summed E-state index contributed by atoms with van der Waals surface area (Å²) in [6, 6.07) is 16.5. The average Bonchev–Trinajstić information content (AvgIpc) is 2.61. The third-order valence-electron chi connectivity index (χ3n) is 3.64. The zero-order chi connectivity index (χ0) is 17.8. The van der Waals surface area contributed by atoms with Crippen LogP contribution in [0.25, 0.3) is 0 Å². The third kappa shape index (κ3) is 4.29. The van der Waals surface area contributed by atoms with Crippen LogP contribution in [0.3, 0.4) is 0 Å². The molecule has 1 amide bonds. The maximum atomic E-state index is 12.5. The van der Waals surface area contributed by atoms with E-state index in [-0.39, 0.29) is 5.91 Å². The van der Waals surface area contributed by atoms with Crippen molar-refractivity contribution in [3.63, 3.8) is 0 Å². The minimum Gasteiger partial charge on any atom is -0.343 e. The van der Waals surface area contributed by atoms with Gasteiger partial charge < -0.3 is 10.2 Å². The molecule has 0 bridgehead atoms. The van der Waals surface area contributed by atoms with Gasteiger partial charge in [0.2, 0.25) is 0 Å². The summed E-state index contributed by atoms with van der Waals surface area (Å²) in [4.78, 5) is 18.6. The summed E-state index contributed by atoms with van der Waals surface area (Å²) >= 11 is 11.9. The first-order valence-corrected chi connectivity index (χ1v) is 8.30. The Balaban J connectivity index is 1.82. The van der Waals surface area contributed by atoms with Gasteiger partial charge in [0.15, 0.2) is 0 Å². The van der Waals surface area contributed by atoms with Crippen LogP contribution in [0, 0.1) is 0 Å². The molecular formula is C19H15Cl2N3O. The van der Waals surface area contributed by atoms with Crippen LogP contribution in [-0.2, 0) is 0 Å². The van der Waals surface area contributed by atoms with Crippen LogP contribution in [0.2, 0.25) is 10.0 Å². The normalized spacial score (nSPS) is 10.4. The molecule has 2 aromatic carbocycles. The van der Waals surface area contributed by atoms with E-state index in [0.717, 1.165) is 11.4 Å². The Morgan fingerprint density at radius 3 is 2.32 bits per heavy atom. The number of para-hydroxylation sites is 1. The summed E-state index contributed by atoms with van der Waals surface area (Å²) in [7, 11) is 1.92. The molecule has 1 heterocycles. The molecule has 0 saturated carbocycles. The number of aromatic nitrogens is 1. The SMILES string of the molecule is CN(c1ccccc1)c1cncc(C(=O)Nc2cc(Cl)cc(Cl)c2)c1. The van der Waals surface area contributed by atoms with Gasteiger partial charge in [-0.1, -0.05) is 41.4 Å². The smallest absolute Gasteiger partial charge is 0.257 e. The Morgan fingerprint density at radius 1 is 0.960 bits per heavy atom. The van der Waals surface area contributed by atoms with Gasteiger partial charge in [-0.2, -0.15) is 0 Å². The van der Waals surface area contributed by atoms with Crippen molar-refractivity contribution in [3.8, 4) is 0 Å². The molecule has 0 aliphatic carbocycles. The second kappa shape index (κ2) is 7.55. The lowest BCUT2D eigenvalue weighted by Gasteiger charge is -2.19. The van der Waals surface area contributed by atoms with E-state index in [1.165, 1.54) is 6.20 Å². The average molecular weight is 372 g/mol. The molecule has 4 nitrogen and oxygen atoms in total. The van der Waals surface area contributed by atoms with Gasteiger partial charge in [-0.05, 0) is 36.4 Å². The summed E-state index contributed by atoms with van der Waals surface area (Å²) < 4.78 is 0. The molecule has 0 fully saturated rings. The van der Waals surface area contributed by atoms with Crippen molar-refractivity contribution in [1.29, 1.82) is 0 Å². The van der Waals surface area contributed by atoms with E-state index in [9.17, 15) is 4.79 Å². The first-order valence-electron chi connectivity index (χ1n) is 7.54. The van der Waals surface area contributed by atoms with Crippen molar-refractivity contribution >= 4 is 46.2 Å². The van der Waals surface area contributed by atoms with Crippen molar-refractivity contribution in [2.45, 2.75) is 0 Å². The number of hydrogen-bond acceptors (Lipinski definition) is 3. The van der Waals surface area contributed by atoms with Crippen LogP contribution in [0.1, 0.15) is 10.4 Å². The van der Waals surface area contributed by atoms with Gasteiger partial charge in [0.1, 0.15) is 0 Å². The number of hydrogen-bond donors (Lipinski definition) is 1. The molecule has 6 heteroatoms. The van der Waals surface area contributed by atoms with Crippen LogP contribution >= 0.6 is 23.2 Å². The monoisotopic (exact) mass is 371 g/mol. The fourth-order valence-electron chi connectivity index (χ4n) is 2.37. The Morgan fingerprint density at radius 2 is 1.64 bits per heavy atom. The molecule has 0 radical (unpaired) electrons. The van der Waals surface area contributed by atoms with Crippen LogP contribution in [-0.4, -0.2) is 17.9 Å². The first-order chi connectivity index (χ1) is 12.0. The molecule has 3 rings (SSSR count). The van der Waals surface area contributed by atoms with E-state index in [1.807, 2.05) is 42.3 Å². The molecule has 0 atom stereocenters. The van der Waals surface area contributed by atoms with Crippen molar-refractivity contribution in [1.82, 2.24) is 4.98 Å². The van der Waals surface area contributed by atoms with Crippen LogP contribution in [0.15, 0.2) is 67.0 Å². The number of nitrogens with zero attached hydrogens (tertiary/aromatic N) is 2. The Kier molecular flexibility index (Phi) is 5.22. The number of carbonyl (C=O) groups is 1. The lowest BCUT2D eigenvalue weighted by molar-refractivity contribution is 0.102. The third-order valence-corrected chi connectivity index (χ3v) is 4.07. The maximum absolute atomic E-state index is 12.5. The number of nitrogens with one attached hydrogen (secondary N) is 1. The summed E-state index contributed by atoms with van der Waals surface area (Å²) in [6.07, 6.45) is 3.23. The van der Waals surface area contributed by atoms with E-state index in [1.54, 1.807) is 30.5 Å². The van der Waals surface area contributed by atoms with E-state index in [2.05, 4.69) is 10.3 Å². The van der Waals surface area contributed by atoms with E-state index in [0.29, 0.717) is 21.3 Å². The summed E-state index contributed by atoms with van der Waals surface area (Å²) in [5, 5.41) is 3.69. The second-order valence-corrected chi connectivity index (χ2v) is 6.31. The molecule has 126 valence electrons. The Bertz CT molecular complexity index is 880. The van der Waals surface area contributed by atoms with Crippen LogP contribution in [0.4, 0.5) is 17.1 Å². The Labute approximate surface area is 156 Å². The van der Waals surface area contributed by atoms with Gasteiger partial charge in [-0.3, -0.25) is 9.78 Å². The van der Waals surface area contributed by atoms with Gasteiger partial charge in [-0.15, -0.1) is 0 Å². The second-order valence-electron chi connectivity index (χ2n) is 5.44. The largest absolute Gasteiger partial charge is 0.343 e. The molecule has 0 unspecified atom stereocenters. The summed E-state index contributed by atoms with van der Waals surface area (Å²) in [6.45, 7) is 0. The van der Waals surface area contributed by atoms with Gasteiger partial charge in [0.25, 0.3) is 5.91 Å². The summed E-state index contributed by atoms with van der Waals surface area (Å²) in [5.41, 5.74) is 2.78. The number of pyridine rings is 1. The quantitative estimate of drug-likeness (QED) is 0.666. The predicted octanol–water partition coefficient (Wildman–Crippen LogP) is 5.41. The van der Waals surface area contributed by atoms with Gasteiger partial charge in [0, 0.05) is 34.7 Å². The fraction of sp³-hybridized carbons (Fsp3) is 0.0526. The molecule has 0 aliphatic heterocycles. The minimum absolute atomic E-state index is 0.283. The van der Waals surface area contributed by atoms with E-state index in [4.69, 9.17) is 23.2 Å². The molecule has 25 heavy (non-hydrogen) atoms. The highest BCUT2D eigenvalue weighted by Crippen LogP contribution is 2.25. The zero-order valence-corrected chi connectivity index (χ0v) is 14.9. The van der Waals surface area contributed by atoms with E-state index >= 15 is 0 Å². The molecule has 1 N–H and O–H groups in total. The minimum atomic E-state index is -0.283. The standard InChI is InChI=1S/C19H15Cl2N3O/c1-24(17-5-3-2-4-6-17)18-7-13(11-22-12-18)19(25)23-16-9-14(20)8-15(21)10-16/h2-12H,1H3,(H,23,25). The molecular weight excluding hydrogens is 357 g/mol. The number of carbonyl (C=O) groups excluding carboxylic acids is 1. The highest BCUT2D eigenvalue weighted by Gasteiger charge is 2.11. The molecule has 0 saturated heterocycles. The van der Waals surface area contributed by atoms with Gasteiger partial charge in [-0.25, -0.2) is 0 Å².